The number of amides is 1. The summed E-state index contributed by atoms with van der Waals surface area (Å²) in [7, 11) is 1.59. The number of fused-ring (bicyclic) bond motifs is 1. The average molecular weight is 329 g/mol. The summed E-state index contributed by atoms with van der Waals surface area (Å²) >= 11 is 1.68. The van der Waals surface area contributed by atoms with Crippen LogP contribution >= 0.6 is 11.8 Å². The fraction of sp³-hybridized carbons (Fsp3) is 0.278. The highest BCUT2D eigenvalue weighted by Gasteiger charge is 2.34. The van der Waals surface area contributed by atoms with Crippen LogP contribution in [-0.4, -0.2) is 30.4 Å². The molecule has 1 amide bonds. The van der Waals surface area contributed by atoms with Crippen LogP contribution < -0.4 is 10.1 Å². The maximum atomic E-state index is 12.3. The van der Waals surface area contributed by atoms with E-state index >= 15 is 0 Å². The SMILES string of the molecule is COc1ccc(C(=O)NCC2(O)CSCc3ccccc32)cc1. The lowest BCUT2D eigenvalue weighted by Crippen LogP contribution is -2.44. The summed E-state index contributed by atoms with van der Waals surface area (Å²) in [4.78, 5) is 12.3. The lowest BCUT2D eigenvalue weighted by atomic mass is 9.91. The third-order valence-electron chi connectivity index (χ3n) is 4.01. The van der Waals surface area contributed by atoms with Crippen molar-refractivity contribution in [3.8, 4) is 5.75 Å². The van der Waals surface area contributed by atoms with Gasteiger partial charge in [0.15, 0.2) is 0 Å². The highest BCUT2D eigenvalue weighted by Crippen LogP contribution is 2.35. The van der Waals surface area contributed by atoms with E-state index in [-0.39, 0.29) is 12.5 Å². The fourth-order valence-electron chi connectivity index (χ4n) is 2.72. The topological polar surface area (TPSA) is 58.6 Å². The van der Waals surface area contributed by atoms with Gasteiger partial charge in [0.25, 0.3) is 5.91 Å². The summed E-state index contributed by atoms with van der Waals surface area (Å²) in [5, 5.41) is 13.8. The molecule has 4 nitrogen and oxygen atoms in total. The second-order valence-electron chi connectivity index (χ2n) is 5.59. The van der Waals surface area contributed by atoms with E-state index in [4.69, 9.17) is 4.74 Å². The minimum Gasteiger partial charge on any atom is -0.497 e. The summed E-state index contributed by atoms with van der Waals surface area (Å²) < 4.78 is 5.08. The fourth-order valence-corrected chi connectivity index (χ4v) is 3.89. The molecule has 0 aromatic heterocycles. The first-order chi connectivity index (χ1) is 11.1. The molecule has 0 saturated carbocycles. The number of rotatable bonds is 4. The Labute approximate surface area is 139 Å². The van der Waals surface area contributed by atoms with Crippen molar-refractivity contribution >= 4 is 17.7 Å². The molecule has 0 spiro atoms. The Hall–Kier alpha value is -1.98. The standard InChI is InChI=1S/C18H19NO3S/c1-22-15-8-6-13(7-9-15)17(20)19-11-18(21)12-23-10-14-4-2-3-5-16(14)18/h2-9,21H,10-12H2,1H3,(H,19,20). The Bertz CT molecular complexity index is 702. The van der Waals surface area contributed by atoms with Crippen molar-refractivity contribution in [3.05, 3.63) is 65.2 Å². The lowest BCUT2D eigenvalue weighted by molar-refractivity contribution is 0.0552. The second kappa shape index (κ2) is 6.64. The maximum Gasteiger partial charge on any atom is 0.251 e. The number of methoxy groups -OCH3 is 1. The van der Waals surface area contributed by atoms with E-state index in [1.165, 1.54) is 0 Å². The van der Waals surface area contributed by atoms with Crippen LogP contribution in [0.25, 0.3) is 0 Å². The first kappa shape index (κ1) is 15.9. The van der Waals surface area contributed by atoms with Gasteiger partial charge < -0.3 is 15.2 Å². The summed E-state index contributed by atoms with van der Waals surface area (Å²) in [6, 6.07) is 14.8. The van der Waals surface area contributed by atoms with Gasteiger partial charge in [-0.1, -0.05) is 24.3 Å². The quantitative estimate of drug-likeness (QED) is 0.905. The van der Waals surface area contributed by atoms with Crippen LogP contribution in [0.2, 0.25) is 0 Å². The first-order valence-corrected chi connectivity index (χ1v) is 8.59. The second-order valence-corrected chi connectivity index (χ2v) is 6.58. The van der Waals surface area contributed by atoms with Gasteiger partial charge in [0.05, 0.1) is 13.7 Å². The van der Waals surface area contributed by atoms with Gasteiger partial charge in [-0.15, -0.1) is 0 Å². The predicted molar refractivity (Wildman–Crippen MR) is 91.8 cm³/mol. The van der Waals surface area contributed by atoms with Crippen LogP contribution in [0.1, 0.15) is 21.5 Å². The number of benzene rings is 2. The molecule has 0 fully saturated rings. The van der Waals surface area contributed by atoms with Gasteiger partial charge in [0.1, 0.15) is 11.4 Å². The van der Waals surface area contributed by atoms with E-state index in [0.29, 0.717) is 17.1 Å². The van der Waals surface area contributed by atoms with E-state index in [1.54, 1.807) is 43.1 Å². The van der Waals surface area contributed by atoms with Crippen molar-refractivity contribution in [2.24, 2.45) is 0 Å². The molecule has 3 rings (SSSR count). The first-order valence-electron chi connectivity index (χ1n) is 7.43. The molecule has 0 bridgehead atoms. The predicted octanol–water partition coefficient (Wildman–Crippen LogP) is 2.56. The van der Waals surface area contributed by atoms with Gasteiger partial charge in [-0.25, -0.2) is 0 Å². The highest BCUT2D eigenvalue weighted by atomic mass is 32.2. The van der Waals surface area contributed by atoms with E-state index in [9.17, 15) is 9.90 Å². The molecule has 2 N–H and O–H groups in total. The Morgan fingerprint density at radius 1 is 1.26 bits per heavy atom. The zero-order valence-electron chi connectivity index (χ0n) is 12.9. The number of ether oxygens (including phenoxy) is 1. The molecule has 2 aromatic rings. The molecule has 0 radical (unpaired) electrons. The number of hydrogen-bond donors (Lipinski definition) is 2. The zero-order valence-corrected chi connectivity index (χ0v) is 13.7. The molecule has 0 saturated heterocycles. The third kappa shape index (κ3) is 3.35. The molecule has 5 heteroatoms. The van der Waals surface area contributed by atoms with Gasteiger partial charge in [0, 0.05) is 17.1 Å². The van der Waals surface area contributed by atoms with Gasteiger partial charge in [-0.3, -0.25) is 4.79 Å². The molecule has 1 aliphatic heterocycles. The van der Waals surface area contributed by atoms with Crippen molar-refractivity contribution in [2.75, 3.05) is 19.4 Å². The van der Waals surface area contributed by atoms with Crippen molar-refractivity contribution in [1.82, 2.24) is 5.32 Å². The maximum absolute atomic E-state index is 12.3. The smallest absolute Gasteiger partial charge is 0.251 e. The van der Waals surface area contributed by atoms with Crippen LogP contribution in [0.4, 0.5) is 0 Å². The van der Waals surface area contributed by atoms with Crippen LogP contribution in [0.5, 0.6) is 5.75 Å². The zero-order chi connectivity index (χ0) is 16.3. The minimum atomic E-state index is -1.03. The Balaban J connectivity index is 1.71. The van der Waals surface area contributed by atoms with Gasteiger partial charge in [0.2, 0.25) is 0 Å². The number of aliphatic hydroxyl groups is 1. The lowest BCUT2D eigenvalue weighted by Gasteiger charge is -2.34. The number of carbonyl (C=O) groups is 1. The molecule has 1 aliphatic rings. The van der Waals surface area contributed by atoms with Gasteiger partial charge in [-0.2, -0.15) is 11.8 Å². The molecule has 1 heterocycles. The van der Waals surface area contributed by atoms with E-state index in [2.05, 4.69) is 5.32 Å². The molecule has 120 valence electrons. The molecule has 23 heavy (non-hydrogen) atoms. The molecular formula is C18H19NO3S. The van der Waals surface area contributed by atoms with Crippen LogP contribution in [-0.2, 0) is 11.4 Å². The molecule has 1 unspecified atom stereocenters. The Morgan fingerprint density at radius 3 is 2.74 bits per heavy atom. The van der Waals surface area contributed by atoms with Gasteiger partial charge >= 0.3 is 0 Å². The van der Waals surface area contributed by atoms with Crippen molar-refractivity contribution in [3.63, 3.8) is 0 Å². The minimum absolute atomic E-state index is 0.196. The average Bonchev–Trinajstić information content (AvgIpc) is 2.60. The van der Waals surface area contributed by atoms with Crippen molar-refractivity contribution in [1.29, 1.82) is 0 Å². The van der Waals surface area contributed by atoms with E-state index < -0.39 is 5.60 Å². The largest absolute Gasteiger partial charge is 0.497 e. The monoisotopic (exact) mass is 329 g/mol. The number of thioether (sulfide) groups is 1. The number of carbonyl (C=O) groups excluding carboxylic acids is 1. The van der Waals surface area contributed by atoms with Crippen molar-refractivity contribution < 1.29 is 14.6 Å². The molecule has 0 aliphatic carbocycles. The normalized spacial score (nSPS) is 19.7. The van der Waals surface area contributed by atoms with Crippen LogP contribution in [0.15, 0.2) is 48.5 Å². The van der Waals surface area contributed by atoms with Crippen molar-refractivity contribution in [2.45, 2.75) is 11.4 Å². The molecule has 2 aromatic carbocycles. The van der Waals surface area contributed by atoms with Crippen LogP contribution in [0, 0.1) is 0 Å². The van der Waals surface area contributed by atoms with Crippen LogP contribution in [0.3, 0.4) is 0 Å². The summed E-state index contributed by atoms with van der Waals surface area (Å²) in [6.07, 6.45) is 0. The summed E-state index contributed by atoms with van der Waals surface area (Å²) in [6.45, 7) is 0.196. The summed E-state index contributed by atoms with van der Waals surface area (Å²) in [5.74, 6) is 1.98. The van der Waals surface area contributed by atoms with Gasteiger partial charge in [-0.05, 0) is 35.4 Å². The molecular weight excluding hydrogens is 310 g/mol. The summed E-state index contributed by atoms with van der Waals surface area (Å²) in [5.41, 5.74) is 1.56. The number of nitrogens with one attached hydrogen (secondary N) is 1. The van der Waals surface area contributed by atoms with E-state index in [0.717, 1.165) is 16.9 Å². The van der Waals surface area contributed by atoms with E-state index in [1.807, 2.05) is 24.3 Å². The Morgan fingerprint density at radius 2 is 2.00 bits per heavy atom. The number of hydrogen-bond acceptors (Lipinski definition) is 4. The molecule has 1 atom stereocenters. The third-order valence-corrected chi connectivity index (χ3v) is 5.21. The highest BCUT2D eigenvalue weighted by molar-refractivity contribution is 7.98. The Kier molecular flexibility index (Phi) is 4.59.